The molecule has 0 bridgehead atoms. The molecular formula is C23H21N3O. The van der Waals surface area contributed by atoms with Gasteiger partial charge in [0.2, 0.25) is 5.91 Å². The molecule has 134 valence electrons. The molecular weight excluding hydrogens is 334 g/mol. The summed E-state index contributed by atoms with van der Waals surface area (Å²) in [5.74, 6) is -0.226. The van der Waals surface area contributed by atoms with Gasteiger partial charge in [-0.25, -0.2) is 0 Å². The maximum atomic E-state index is 13.0. The summed E-state index contributed by atoms with van der Waals surface area (Å²) in [7, 11) is 0. The highest BCUT2D eigenvalue weighted by Gasteiger charge is 2.21. The number of para-hydroxylation sites is 1. The zero-order valence-corrected chi connectivity index (χ0v) is 14.9. The minimum absolute atomic E-state index is 0.0235. The Morgan fingerprint density at radius 3 is 2.63 bits per heavy atom. The Hall–Kier alpha value is -3.40. The minimum Gasteiger partial charge on any atom is -0.361 e. The Labute approximate surface area is 158 Å². The molecule has 4 rings (SSSR count). The number of pyridine rings is 1. The van der Waals surface area contributed by atoms with E-state index in [0.29, 0.717) is 13.0 Å². The van der Waals surface area contributed by atoms with Crippen molar-refractivity contribution >= 4 is 16.8 Å². The van der Waals surface area contributed by atoms with Gasteiger partial charge in [-0.05, 0) is 35.2 Å². The summed E-state index contributed by atoms with van der Waals surface area (Å²) in [5, 5.41) is 4.26. The highest BCUT2D eigenvalue weighted by Crippen LogP contribution is 2.22. The van der Waals surface area contributed by atoms with Gasteiger partial charge in [0.15, 0.2) is 0 Å². The van der Waals surface area contributed by atoms with Crippen LogP contribution in [0.1, 0.15) is 22.6 Å². The van der Waals surface area contributed by atoms with Crippen LogP contribution in [-0.2, 0) is 17.8 Å². The van der Waals surface area contributed by atoms with Crippen LogP contribution >= 0.6 is 0 Å². The first-order valence-corrected chi connectivity index (χ1v) is 9.08. The number of carbonyl (C=O) groups is 1. The van der Waals surface area contributed by atoms with Gasteiger partial charge >= 0.3 is 0 Å². The monoisotopic (exact) mass is 355 g/mol. The Kier molecular flexibility index (Phi) is 4.97. The van der Waals surface area contributed by atoms with E-state index in [9.17, 15) is 4.79 Å². The molecule has 27 heavy (non-hydrogen) atoms. The Balaban J connectivity index is 1.53. The quantitative estimate of drug-likeness (QED) is 0.544. The number of benzene rings is 2. The normalized spacial score (nSPS) is 12.0. The summed E-state index contributed by atoms with van der Waals surface area (Å²) in [6.07, 6.45) is 6.15. The van der Waals surface area contributed by atoms with Crippen LogP contribution < -0.4 is 5.32 Å². The number of hydrogen-bond donors (Lipinski definition) is 2. The zero-order chi connectivity index (χ0) is 18.5. The molecule has 0 saturated carbocycles. The van der Waals surface area contributed by atoms with Gasteiger partial charge in [-0.1, -0.05) is 54.6 Å². The lowest BCUT2D eigenvalue weighted by atomic mass is 9.91. The fraction of sp³-hybridized carbons (Fsp3) is 0.130. The predicted molar refractivity (Wildman–Crippen MR) is 107 cm³/mol. The van der Waals surface area contributed by atoms with Gasteiger partial charge in [0.1, 0.15) is 0 Å². The fourth-order valence-corrected chi connectivity index (χ4v) is 3.39. The number of hydrogen-bond acceptors (Lipinski definition) is 2. The number of fused-ring (bicyclic) bond motifs is 1. The van der Waals surface area contributed by atoms with Crippen LogP contribution in [0.3, 0.4) is 0 Å². The second-order valence-corrected chi connectivity index (χ2v) is 6.61. The zero-order valence-electron chi connectivity index (χ0n) is 14.9. The van der Waals surface area contributed by atoms with Crippen molar-refractivity contribution in [3.05, 3.63) is 102 Å². The van der Waals surface area contributed by atoms with Gasteiger partial charge in [0, 0.05) is 36.0 Å². The van der Waals surface area contributed by atoms with Gasteiger partial charge in [-0.15, -0.1) is 0 Å². The number of amides is 1. The summed E-state index contributed by atoms with van der Waals surface area (Å²) in [6, 6.07) is 22.0. The molecule has 2 aromatic carbocycles. The first-order chi connectivity index (χ1) is 13.3. The van der Waals surface area contributed by atoms with Crippen molar-refractivity contribution in [2.45, 2.75) is 18.9 Å². The molecule has 0 aliphatic heterocycles. The summed E-state index contributed by atoms with van der Waals surface area (Å²) < 4.78 is 0. The second-order valence-electron chi connectivity index (χ2n) is 6.61. The van der Waals surface area contributed by atoms with Gasteiger partial charge in [0.05, 0.1) is 5.92 Å². The van der Waals surface area contributed by atoms with Crippen LogP contribution in [0.4, 0.5) is 0 Å². The van der Waals surface area contributed by atoms with Crippen molar-refractivity contribution in [1.29, 1.82) is 0 Å². The highest BCUT2D eigenvalue weighted by molar-refractivity contribution is 5.86. The summed E-state index contributed by atoms with van der Waals surface area (Å²) in [6.45, 7) is 0.499. The fourth-order valence-electron chi connectivity index (χ4n) is 3.39. The summed E-state index contributed by atoms with van der Waals surface area (Å²) >= 11 is 0. The van der Waals surface area contributed by atoms with E-state index >= 15 is 0 Å². The third-order valence-electron chi connectivity index (χ3n) is 4.81. The molecule has 1 unspecified atom stereocenters. The lowest BCUT2D eigenvalue weighted by Crippen LogP contribution is -2.30. The average molecular weight is 355 g/mol. The number of aromatic nitrogens is 2. The third kappa shape index (κ3) is 3.90. The molecule has 4 nitrogen and oxygen atoms in total. The van der Waals surface area contributed by atoms with Crippen molar-refractivity contribution in [1.82, 2.24) is 15.3 Å². The van der Waals surface area contributed by atoms with E-state index in [4.69, 9.17) is 0 Å². The van der Waals surface area contributed by atoms with E-state index in [1.165, 1.54) is 0 Å². The van der Waals surface area contributed by atoms with E-state index in [2.05, 4.69) is 21.4 Å². The SMILES string of the molecule is O=C(NCc1c[nH]c2ccccc12)C(Cc1cccnc1)c1ccccc1. The molecule has 0 spiro atoms. The lowest BCUT2D eigenvalue weighted by Gasteiger charge is -2.17. The molecule has 0 aliphatic carbocycles. The van der Waals surface area contributed by atoms with Gasteiger partial charge < -0.3 is 10.3 Å². The van der Waals surface area contributed by atoms with Crippen molar-refractivity contribution in [2.75, 3.05) is 0 Å². The topological polar surface area (TPSA) is 57.8 Å². The molecule has 2 N–H and O–H groups in total. The van der Waals surface area contributed by atoms with Gasteiger partial charge in [-0.2, -0.15) is 0 Å². The molecule has 0 fully saturated rings. The van der Waals surface area contributed by atoms with Crippen LogP contribution in [-0.4, -0.2) is 15.9 Å². The van der Waals surface area contributed by atoms with Crippen LogP contribution in [0.25, 0.3) is 10.9 Å². The van der Waals surface area contributed by atoms with Crippen molar-refractivity contribution in [2.24, 2.45) is 0 Å². The molecule has 0 radical (unpaired) electrons. The average Bonchev–Trinajstić information content (AvgIpc) is 3.15. The Morgan fingerprint density at radius 2 is 1.81 bits per heavy atom. The van der Waals surface area contributed by atoms with Crippen molar-refractivity contribution in [3.8, 4) is 0 Å². The molecule has 4 aromatic rings. The number of rotatable bonds is 6. The van der Waals surface area contributed by atoms with Crippen LogP contribution in [0.2, 0.25) is 0 Å². The van der Waals surface area contributed by atoms with E-state index in [0.717, 1.165) is 27.6 Å². The highest BCUT2D eigenvalue weighted by atomic mass is 16.1. The third-order valence-corrected chi connectivity index (χ3v) is 4.81. The number of nitrogens with zero attached hydrogens (tertiary/aromatic N) is 1. The molecule has 1 amide bonds. The number of aromatic amines is 1. The molecule has 0 aliphatic rings. The van der Waals surface area contributed by atoms with Crippen molar-refractivity contribution < 1.29 is 4.79 Å². The molecule has 4 heteroatoms. The van der Waals surface area contributed by atoms with E-state index in [1.807, 2.05) is 73.1 Å². The van der Waals surface area contributed by atoms with Crippen LogP contribution in [0.5, 0.6) is 0 Å². The standard InChI is InChI=1S/C23H21N3O/c27-23(26-16-19-15-25-22-11-5-4-10-20(19)22)21(18-8-2-1-3-9-18)13-17-7-6-12-24-14-17/h1-12,14-15,21,25H,13,16H2,(H,26,27). The van der Waals surface area contributed by atoms with Crippen molar-refractivity contribution in [3.63, 3.8) is 0 Å². The second kappa shape index (κ2) is 7.87. The maximum Gasteiger partial charge on any atom is 0.228 e. The lowest BCUT2D eigenvalue weighted by molar-refractivity contribution is -0.122. The predicted octanol–water partition coefficient (Wildman–Crippen LogP) is 4.21. The number of nitrogens with one attached hydrogen (secondary N) is 2. The largest absolute Gasteiger partial charge is 0.361 e. The number of H-pyrrole nitrogens is 1. The molecule has 2 aromatic heterocycles. The minimum atomic E-state index is -0.249. The first kappa shape index (κ1) is 17.0. The summed E-state index contributed by atoms with van der Waals surface area (Å²) in [4.78, 5) is 20.5. The number of carbonyl (C=O) groups excluding carboxylic acids is 1. The van der Waals surface area contributed by atoms with Gasteiger partial charge in [0.25, 0.3) is 0 Å². The Bertz CT molecular complexity index is 1030. The maximum absolute atomic E-state index is 13.0. The van der Waals surface area contributed by atoms with Gasteiger partial charge in [-0.3, -0.25) is 9.78 Å². The molecule has 1 atom stereocenters. The van der Waals surface area contributed by atoms with E-state index in [-0.39, 0.29) is 11.8 Å². The van der Waals surface area contributed by atoms with Crippen LogP contribution in [0.15, 0.2) is 85.3 Å². The first-order valence-electron chi connectivity index (χ1n) is 9.08. The van der Waals surface area contributed by atoms with E-state index < -0.39 is 0 Å². The molecule has 0 saturated heterocycles. The van der Waals surface area contributed by atoms with Crippen LogP contribution in [0, 0.1) is 0 Å². The molecule has 2 heterocycles. The smallest absolute Gasteiger partial charge is 0.228 e. The summed E-state index contributed by atoms with van der Waals surface area (Å²) in [5.41, 5.74) is 4.23. The Morgan fingerprint density at radius 1 is 1.00 bits per heavy atom. The van der Waals surface area contributed by atoms with E-state index in [1.54, 1.807) is 6.20 Å².